The standard InChI is InChI=1S/C44H67N5O3/c1-6-49(38-18-26-52-27-19-38)41-29-37(36-16-14-35(15-17-36)31-48-23-13-22-47(5)24-25-48)28-39(32(41)2)42(50)45-30-40-33(3)44(34(4)46-43(40)51)20-11-9-7-8-10-12-21-44/h14-17,28-29,33-34,38,40H,6-13,18-27,30-31H2,1-5H3,(H,45,50)(H,46,51). The zero-order valence-corrected chi connectivity index (χ0v) is 33.0. The van der Waals surface area contributed by atoms with Crippen molar-refractivity contribution >= 4 is 17.5 Å². The Kier molecular flexibility index (Phi) is 13.4. The molecule has 6 rings (SSSR count). The SMILES string of the molecule is CCN(c1cc(-c2ccc(CN3CCCN(C)CC3)cc2)cc(C(=O)NCC2C(=O)NC(C)C3(CCCCCCCC3)C2C)c1C)C1CCOCC1. The Balaban J connectivity index is 1.25. The van der Waals surface area contributed by atoms with Gasteiger partial charge in [0.2, 0.25) is 5.91 Å². The third kappa shape index (κ3) is 8.88. The van der Waals surface area contributed by atoms with Crippen LogP contribution in [0.15, 0.2) is 36.4 Å². The number of piperidine rings is 1. The second-order valence-electron chi connectivity index (χ2n) is 16.6. The molecule has 52 heavy (non-hydrogen) atoms. The molecule has 286 valence electrons. The van der Waals surface area contributed by atoms with Crippen LogP contribution in [0.5, 0.6) is 0 Å². The smallest absolute Gasteiger partial charge is 0.251 e. The number of amides is 2. The molecule has 2 aromatic carbocycles. The summed E-state index contributed by atoms with van der Waals surface area (Å²) in [5.74, 6) is -0.0414. The van der Waals surface area contributed by atoms with Crippen LogP contribution < -0.4 is 15.5 Å². The van der Waals surface area contributed by atoms with Gasteiger partial charge in [-0.1, -0.05) is 69.7 Å². The maximum absolute atomic E-state index is 14.4. The normalized spacial score (nSPS) is 25.4. The third-order valence-electron chi connectivity index (χ3n) is 13.5. The Bertz CT molecular complexity index is 1480. The van der Waals surface area contributed by atoms with Gasteiger partial charge in [-0.25, -0.2) is 0 Å². The number of nitrogens with zero attached hydrogens (tertiary/aromatic N) is 3. The van der Waals surface area contributed by atoms with E-state index in [2.05, 4.69) is 96.5 Å². The van der Waals surface area contributed by atoms with E-state index in [1.807, 2.05) is 0 Å². The van der Waals surface area contributed by atoms with E-state index in [1.165, 1.54) is 50.5 Å². The molecule has 8 nitrogen and oxygen atoms in total. The molecular weight excluding hydrogens is 647 g/mol. The monoisotopic (exact) mass is 714 g/mol. The second-order valence-corrected chi connectivity index (χ2v) is 16.6. The molecule has 3 heterocycles. The number of benzene rings is 2. The van der Waals surface area contributed by atoms with Crippen molar-refractivity contribution in [2.45, 2.75) is 117 Å². The Labute approximate surface area is 314 Å². The summed E-state index contributed by atoms with van der Waals surface area (Å²) in [5, 5.41) is 6.69. The average molecular weight is 714 g/mol. The Morgan fingerprint density at radius 3 is 2.31 bits per heavy atom. The maximum Gasteiger partial charge on any atom is 0.251 e. The molecule has 3 atom stereocenters. The van der Waals surface area contributed by atoms with Crippen LogP contribution in [0.2, 0.25) is 0 Å². The summed E-state index contributed by atoms with van der Waals surface area (Å²) in [6, 6.07) is 13.9. The summed E-state index contributed by atoms with van der Waals surface area (Å²) in [7, 11) is 2.22. The first-order chi connectivity index (χ1) is 25.2. The number of anilines is 1. The number of hydrogen-bond donors (Lipinski definition) is 2. The van der Waals surface area contributed by atoms with Crippen molar-refractivity contribution in [1.29, 1.82) is 0 Å². The number of likely N-dealkylation sites (N-methyl/N-ethyl adjacent to an activating group) is 1. The summed E-state index contributed by atoms with van der Waals surface area (Å²) >= 11 is 0. The fraction of sp³-hybridized carbons (Fsp3) is 0.682. The quantitative estimate of drug-likeness (QED) is 0.282. The van der Waals surface area contributed by atoms with Crippen molar-refractivity contribution < 1.29 is 14.3 Å². The van der Waals surface area contributed by atoms with Gasteiger partial charge in [0.1, 0.15) is 0 Å². The van der Waals surface area contributed by atoms with E-state index in [-0.39, 0.29) is 35.1 Å². The fourth-order valence-corrected chi connectivity index (χ4v) is 10.0. The third-order valence-corrected chi connectivity index (χ3v) is 13.5. The summed E-state index contributed by atoms with van der Waals surface area (Å²) in [6.07, 6.45) is 13.1. The lowest BCUT2D eigenvalue weighted by atomic mass is 9.59. The van der Waals surface area contributed by atoms with Crippen molar-refractivity contribution in [3.05, 3.63) is 53.1 Å². The largest absolute Gasteiger partial charge is 0.381 e. The molecule has 2 N–H and O–H groups in total. The minimum Gasteiger partial charge on any atom is -0.381 e. The zero-order chi connectivity index (χ0) is 36.7. The van der Waals surface area contributed by atoms with Gasteiger partial charge in [-0.15, -0.1) is 0 Å². The number of rotatable bonds is 9. The molecule has 3 aliphatic heterocycles. The number of carbonyl (C=O) groups is 2. The molecule has 3 saturated heterocycles. The van der Waals surface area contributed by atoms with Crippen LogP contribution in [0.4, 0.5) is 5.69 Å². The number of carbonyl (C=O) groups excluding carboxylic acids is 2. The molecule has 0 bridgehead atoms. The van der Waals surface area contributed by atoms with E-state index in [4.69, 9.17) is 4.74 Å². The molecule has 1 aliphatic carbocycles. The Morgan fingerprint density at radius 2 is 1.62 bits per heavy atom. The lowest BCUT2D eigenvalue weighted by molar-refractivity contribution is -0.137. The van der Waals surface area contributed by atoms with Crippen molar-refractivity contribution in [2.75, 3.05) is 64.4 Å². The molecule has 4 aliphatic rings. The van der Waals surface area contributed by atoms with Gasteiger partial charge in [-0.2, -0.15) is 0 Å². The number of nitrogens with one attached hydrogen (secondary N) is 2. The molecule has 1 spiro atoms. The van der Waals surface area contributed by atoms with E-state index < -0.39 is 0 Å². The first-order valence-electron chi connectivity index (χ1n) is 20.8. The Hall–Kier alpha value is -2.94. The highest BCUT2D eigenvalue weighted by atomic mass is 16.5. The zero-order valence-electron chi connectivity index (χ0n) is 33.0. The topological polar surface area (TPSA) is 77.2 Å². The van der Waals surface area contributed by atoms with E-state index >= 15 is 0 Å². The molecule has 0 aromatic heterocycles. The number of ether oxygens (including phenoxy) is 1. The van der Waals surface area contributed by atoms with E-state index in [0.717, 1.165) is 101 Å². The van der Waals surface area contributed by atoms with Crippen molar-refractivity contribution in [3.8, 4) is 11.1 Å². The summed E-state index contributed by atoms with van der Waals surface area (Å²) < 4.78 is 5.74. The first-order valence-corrected chi connectivity index (χ1v) is 20.8. The maximum atomic E-state index is 14.4. The van der Waals surface area contributed by atoms with Crippen LogP contribution in [0.1, 0.15) is 113 Å². The second kappa shape index (κ2) is 17.9. The van der Waals surface area contributed by atoms with Crippen molar-refractivity contribution in [3.63, 3.8) is 0 Å². The van der Waals surface area contributed by atoms with Gasteiger partial charge in [0.25, 0.3) is 5.91 Å². The van der Waals surface area contributed by atoms with Crippen LogP contribution in [0, 0.1) is 24.2 Å². The molecule has 1 saturated carbocycles. The lowest BCUT2D eigenvalue weighted by Gasteiger charge is -2.51. The minimum atomic E-state index is -0.240. The highest BCUT2D eigenvalue weighted by Crippen LogP contribution is 2.48. The fourth-order valence-electron chi connectivity index (χ4n) is 10.0. The van der Waals surface area contributed by atoms with Gasteiger partial charge in [-0.05, 0) is 119 Å². The van der Waals surface area contributed by atoms with Gasteiger partial charge in [-0.3, -0.25) is 14.5 Å². The van der Waals surface area contributed by atoms with Crippen LogP contribution >= 0.6 is 0 Å². The molecule has 2 aromatic rings. The van der Waals surface area contributed by atoms with Gasteiger partial charge in [0.15, 0.2) is 0 Å². The predicted molar refractivity (Wildman–Crippen MR) is 213 cm³/mol. The van der Waals surface area contributed by atoms with Crippen molar-refractivity contribution in [2.24, 2.45) is 17.3 Å². The average Bonchev–Trinajstić information content (AvgIpc) is 3.26. The van der Waals surface area contributed by atoms with E-state index in [1.54, 1.807) is 0 Å². The van der Waals surface area contributed by atoms with Crippen LogP contribution in [0.3, 0.4) is 0 Å². The molecule has 0 radical (unpaired) electrons. The van der Waals surface area contributed by atoms with Gasteiger partial charge >= 0.3 is 0 Å². The highest BCUT2D eigenvalue weighted by Gasteiger charge is 2.50. The van der Waals surface area contributed by atoms with Crippen LogP contribution in [-0.2, 0) is 16.1 Å². The lowest BCUT2D eigenvalue weighted by Crippen LogP contribution is -2.61. The number of hydrogen-bond acceptors (Lipinski definition) is 6. The van der Waals surface area contributed by atoms with Gasteiger partial charge in [0, 0.05) is 69.3 Å². The molecular formula is C44H67N5O3. The van der Waals surface area contributed by atoms with Gasteiger partial charge < -0.3 is 25.2 Å². The summed E-state index contributed by atoms with van der Waals surface area (Å²) in [4.78, 5) is 35.4. The van der Waals surface area contributed by atoms with Crippen LogP contribution in [-0.4, -0.2) is 93.2 Å². The highest BCUT2D eigenvalue weighted by molar-refractivity contribution is 5.99. The predicted octanol–water partition coefficient (Wildman–Crippen LogP) is 7.43. The first kappa shape index (κ1) is 38.8. The molecule has 3 unspecified atom stereocenters. The van der Waals surface area contributed by atoms with Crippen LogP contribution in [0.25, 0.3) is 11.1 Å². The summed E-state index contributed by atoms with van der Waals surface area (Å²) in [6.45, 7) is 17.0. The molecule has 2 amide bonds. The summed E-state index contributed by atoms with van der Waals surface area (Å²) in [5.41, 5.74) is 6.40. The van der Waals surface area contributed by atoms with E-state index in [0.29, 0.717) is 18.2 Å². The van der Waals surface area contributed by atoms with E-state index in [9.17, 15) is 9.59 Å². The molecule has 8 heteroatoms. The Morgan fingerprint density at radius 1 is 0.923 bits per heavy atom. The van der Waals surface area contributed by atoms with Gasteiger partial charge in [0.05, 0.1) is 5.92 Å². The van der Waals surface area contributed by atoms with Crippen molar-refractivity contribution in [1.82, 2.24) is 20.4 Å². The molecule has 4 fully saturated rings. The minimum absolute atomic E-state index is 0.0811.